The maximum absolute atomic E-state index is 14.6. The summed E-state index contributed by atoms with van der Waals surface area (Å²) in [6.45, 7) is 11.3. The Morgan fingerprint density at radius 3 is 2.42 bits per heavy atom. The molecule has 4 aromatic rings. The number of nitrogens with one attached hydrogen (secondary N) is 2. The number of hydrogen-bond acceptors (Lipinski definition) is 9. The normalized spacial score (nSPS) is 15.8. The Hall–Kier alpha value is -5.23. The van der Waals surface area contributed by atoms with Crippen LogP contribution in [0.5, 0.6) is 5.75 Å². The Kier molecular flexibility index (Phi) is 10.5. The van der Waals surface area contributed by atoms with E-state index in [0.29, 0.717) is 54.2 Å². The lowest BCUT2D eigenvalue weighted by Crippen LogP contribution is -2.32. The fourth-order valence-corrected chi connectivity index (χ4v) is 9.18. The molecule has 0 atom stereocenters. The zero-order valence-electron chi connectivity index (χ0n) is 32.4. The molecule has 0 unspecified atom stereocenters. The number of aryl methyl sites for hydroxylation is 2. The van der Waals surface area contributed by atoms with E-state index in [1.807, 2.05) is 63.1 Å². The van der Waals surface area contributed by atoms with Crippen molar-refractivity contribution in [3.8, 4) is 27.3 Å². The number of benzene rings is 2. The molecular weight excluding hydrogens is 717 g/mol. The number of esters is 1. The lowest BCUT2D eigenvalue weighted by Gasteiger charge is -2.23. The second-order valence-corrected chi connectivity index (χ2v) is 16.9. The average Bonchev–Trinajstić information content (AvgIpc) is 3.90. The van der Waals surface area contributed by atoms with Gasteiger partial charge in [-0.05, 0) is 117 Å². The van der Waals surface area contributed by atoms with Gasteiger partial charge in [-0.25, -0.2) is 14.6 Å². The van der Waals surface area contributed by atoms with Gasteiger partial charge in [0, 0.05) is 58.9 Å². The largest absolute Gasteiger partial charge is 0.493 e. The van der Waals surface area contributed by atoms with Gasteiger partial charge in [0.25, 0.3) is 11.8 Å². The van der Waals surface area contributed by atoms with Gasteiger partial charge < -0.3 is 29.7 Å². The predicted octanol–water partition coefficient (Wildman–Crippen LogP) is 8.50. The van der Waals surface area contributed by atoms with Crippen LogP contribution in [0.4, 0.5) is 10.5 Å². The highest BCUT2D eigenvalue weighted by Crippen LogP contribution is 2.46. The smallest absolute Gasteiger partial charge is 0.407 e. The first-order valence-corrected chi connectivity index (χ1v) is 19.8. The SMILES string of the molecule is COC(=O)c1nc(C(=O)N2CCC3(CCCC3)C2)ccc1-c1cc2c(cc1C(=O)Nc1c(C)cc(CNC(=O)OC(C)(C)C)cc1C)-c1sccc1CCO2. The quantitative estimate of drug-likeness (QED) is 0.179. The highest BCUT2D eigenvalue weighted by atomic mass is 32.1. The number of carbonyl (C=O) groups excluding carboxylic acids is 4. The number of carbonyl (C=O) groups is 4. The minimum Gasteiger partial charge on any atom is -0.493 e. The standard InChI is InChI=1S/C43H48N4O7S/c1-25-19-27(23-44-41(51)54-42(3,4)5)20-26(2)35(25)46-38(48)31-21-32-34(53-17-11-28-12-18-55-37(28)32)22-30(31)29-9-10-33(45-36(29)40(50)52-6)39(49)47-16-15-43(24-47)13-7-8-14-43/h9-10,12,18-22H,7-8,11,13-17,23-24H2,1-6H3,(H,44,51)(H,46,48). The molecule has 2 N–H and O–H groups in total. The number of hydrogen-bond donors (Lipinski definition) is 2. The molecule has 7 rings (SSSR count). The molecular formula is C43H48N4O7S. The zero-order valence-corrected chi connectivity index (χ0v) is 33.2. The number of pyridine rings is 1. The summed E-state index contributed by atoms with van der Waals surface area (Å²) in [7, 11) is 1.27. The highest BCUT2D eigenvalue weighted by molar-refractivity contribution is 7.13. The molecule has 4 heterocycles. The van der Waals surface area contributed by atoms with Crippen LogP contribution in [0.15, 0.2) is 47.8 Å². The van der Waals surface area contributed by atoms with Crippen LogP contribution in [-0.4, -0.2) is 66.2 Å². The maximum Gasteiger partial charge on any atom is 0.407 e. The van der Waals surface area contributed by atoms with E-state index in [9.17, 15) is 19.2 Å². The van der Waals surface area contributed by atoms with Gasteiger partial charge in [-0.3, -0.25) is 9.59 Å². The fourth-order valence-electron chi connectivity index (χ4n) is 8.20. The summed E-state index contributed by atoms with van der Waals surface area (Å²) in [5, 5.41) is 7.96. The topological polar surface area (TPSA) is 136 Å². The molecule has 1 saturated carbocycles. The molecule has 3 aliphatic rings. The van der Waals surface area contributed by atoms with Crippen molar-refractivity contribution in [3.63, 3.8) is 0 Å². The van der Waals surface area contributed by atoms with Crippen LogP contribution in [0.1, 0.15) is 106 Å². The summed E-state index contributed by atoms with van der Waals surface area (Å²) in [5.41, 5.74) is 5.72. The Bertz CT molecular complexity index is 2160. The minimum atomic E-state index is -0.719. The number of thiophene rings is 1. The Labute approximate surface area is 325 Å². The highest BCUT2D eigenvalue weighted by Gasteiger charge is 2.42. The van der Waals surface area contributed by atoms with Crippen LogP contribution in [0.3, 0.4) is 0 Å². The second-order valence-electron chi connectivity index (χ2n) is 15.9. The molecule has 2 aromatic carbocycles. The lowest BCUT2D eigenvalue weighted by atomic mass is 9.86. The molecule has 2 aromatic heterocycles. The van der Waals surface area contributed by atoms with E-state index in [0.717, 1.165) is 52.0 Å². The number of alkyl carbamates (subject to hydrolysis) is 1. The maximum atomic E-state index is 14.6. The third-order valence-electron chi connectivity index (χ3n) is 10.8. The van der Waals surface area contributed by atoms with Gasteiger partial charge in [-0.1, -0.05) is 25.0 Å². The van der Waals surface area contributed by atoms with Crippen LogP contribution < -0.4 is 15.4 Å². The fraction of sp³-hybridized carbons (Fsp3) is 0.419. The van der Waals surface area contributed by atoms with E-state index in [4.69, 9.17) is 14.2 Å². The summed E-state index contributed by atoms with van der Waals surface area (Å²) in [6, 6.07) is 12.8. The molecule has 2 fully saturated rings. The van der Waals surface area contributed by atoms with Crippen molar-refractivity contribution in [2.45, 2.75) is 85.3 Å². The zero-order chi connectivity index (χ0) is 39.1. The van der Waals surface area contributed by atoms with Crippen LogP contribution in [-0.2, 0) is 22.4 Å². The van der Waals surface area contributed by atoms with Gasteiger partial charge in [0.2, 0.25) is 0 Å². The molecule has 0 bridgehead atoms. The number of methoxy groups -OCH3 is 1. The first-order valence-electron chi connectivity index (χ1n) is 18.9. The van der Waals surface area contributed by atoms with Crippen molar-refractivity contribution in [3.05, 3.63) is 87.0 Å². The van der Waals surface area contributed by atoms with Gasteiger partial charge in [0.05, 0.1) is 13.7 Å². The number of nitrogens with zero attached hydrogens (tertiary/aromatic N) is 2. The number of anilines is 1. The van der Waals surface area contributed by atoms with Crippen LogP contribution in [0, 0.1) is 19.3 Å². The molecule has 1 aliphatic carbocycles. The first kappa shape index (κ1) is 38.1. The van der Waals surface area contributed by atoms with Crippen LogP contribution in [0.25, 0.3) is 21.6 Å². The first-order chi connectivity index (χ1) is 26.2. The molecule has 0 radical (unpaired) electrons. The van der Waals surface area contributed by atoms with Crippen molar-refractivity contribution in [2.24, 2.45) is 5.41 Å². The number of amides is 3. The third-order valence-corrected chi connectivity index (χ3v) is 11.8. The van der Waals surface area contributed by atoms with E-state index in [2.05, 4.69) is 21.7 Å². The van der Waals surface area contributed by atoms with E-state index in [1.54, 1.807) is 29.5 Å². The molecule has 1 saturated heterocycles. The van der Waals surface area contributed by atoms with E-state index < -0.39 is 23.6 Å². The molecule has 11 nitrogen and oxygen atoms in total. The number of ether oxygens (including phenoxy) is 3. The van der Waals surface area contributed by atoms with Crippen molar-refractivity contribution < 1.29 is 33.4 Å². The van der Waals surface area contributed by atoms with E-state index >= 15 is 0 Å². The number of likely N-dealkylation sites (tertiary alicyclic amines) is 1. The number of rotatable bonds is 7. The Morgan fingerprint density at radius 1 is 0.964 bits per heavy atom. The van der Waals surface area contributed by atoms with Gasteiger partial charge in [-0.2, -0.15) is 0 Å². The van der Waals surface area contributed by atoms with Crippen molar-refractivity contribution in [1.82, 2.24) is 15.2 Å². The average molecular weight is 765 g/mol. The summed E-state index contributed by atoms with van der Waals surface area (Å²) in [6.07, 6.45) is 5.81. The van der Waals surface area contributed by atoms with Crippen molar-refractivity contribution in [2.75, 3.05) is 32.1 Å². The minimum absolute atomic E-state index is 0.0586. The van der Waals surface area contributed by atoms with Gasteiger partial charge in [0.15, 0.2) is 5.69 Å². The van der Waals surface area contributed by atoms with Crippen molar-refractivity contribution in [1.29, 1.82) is 0 Å². The third kappa shape index (κ3) is 7.96. The van der Waals surface area contributed by atoms with E-state index in [-0.39, 0.29) is 29.3 Å². The summed E-state index contributed by atoms with van der Waals surface area (Å²) in [5.74, 6) is -0.759. The van der Waals surface area contributed by atoms with E-state index in [1.165, 1.54) is 20.0 Å². The summed E-state index contributed by atoms with van der Waals surface area (Å²) < 4.78 is 16.9. The molecule has 55 heavy (non-hydrogen) atoms. The molecule has 12 heteroatoms. The van der Waals surface area contributed by atoms with Crippen LogP contribution >= 0.6 is 11.3 Å². The van der Waals surface area contributed by atoms with Crippen LogP contribution in [0.2, 0.25) is 0 Å². The number of fused-ring (bicyclic) bond motifs is 3. The summed E-state index contributed by atoms with van der Waals surface area (Å²) >= 11 is 1.58. The molecule has 1 spiro atoms. The van der Waals surface area contributed by atoms with Gasteiger partial charge in [-0.15, -0.1) is 11.3 Å². The Balaban J connectivity index is 1.25. The second kappa shape index (κ2) is 15.1. The molecule has 2 aliphatic heterocycles. The van der Waals surface area contributed by atoms with Crippen molar-refractivity contribution >= 4 is 40.9 Å². The molecule has 288 valence electrons. The predicted molar refractivity (Wildman–Crippen MR) is 212 cm³/mol. The van der Waals surface area contributed by atoms with Gasteiger partial charge in [0.1, 0.15) is 17.0 Å². The monoisotopic (exact) mass is 764 g/mol. The Morgan fingerprint density at radius 2 is 1.71 bits per heavy atom. The number of aromatic nitrogens is 1. The summed E-state index contributed by atoms with van der Waals surface area (Å²) in [4.78, 5) is 61.6. The van der Waals surface area contributed by atoms with Gasteiger partial charge >= 0.3 is 12.1 Å². The lowest BCUT2D eigenvalue weighted by molar-refractivity contribution is 0.0521. The molecule has 3 amide bonds.